The first kappa shape index (κ1) is 21.2. The highest BCUT2D eigenvalue weighted by atomic mass is 32.1. The lowest BCUT2D eigenvalue weighted by Crippen LogP contribution is -2.00. The molecule has 0 radical (unpaired) electrons. The summed E-state index contributed by atoms with van der Waals surface area (Å²) in [5.74, 6) is 1.47. The van der Waals surface area contributed by atoms with Crippen LogP contribution < -0.4 is 9.47 Å². The van der Waals surface area contributed by atoms with E-state index in [4.69, 9.17) is 14.5 Å². The summed E-state index contributed by atoms with van der Waals surface area (Å²) >= 11 is 1.59. The minimum Gasteiger partial charge on any atom is -0.490 e. The van der Waals surface area contributed by atoms with Crippen LogP contribution in [0.2, 0.25) is 0 Å². The van der Waals surface area contributed by atoms with E-state index in [0.717, 1.165) is 44.4 Å². The van der Waals surface area contributed by atoms with Gasteiger partial charge in [0, 0.05) is 23.3 Å². The standard InChI is InChI=1S/C24H25N3O3S/c1-3-29-22-10-6-17(14-23(22)30-4-2)24-27-18(15-31-24)7-9-21(28)16-5-8-19-20(13-16)26-12-11-25-19/h5-6,8,10-15,21,28H,3-4,7,9H2,1-2H3. The highest BCUT2D eigenvalue weighted by molar-refractivity contribution is 7.13. The van der Waals surface area contributed by atoms with Crippen molar-refractivity contribution in [2.24, 2.45) is 0 Å². The molecule has 0 aliphatic heterocycles. The number of rotatable bonds is 9. The van der Waals surface area contributed by atoms with Gasteiger partial charge in [0.1, 0.15) is 5.01 Å². The minimum atomic E-state index is -0.577. The Balaban J connectivity index is 1.44. The van der Waals surface area contributed by atoms with Gasteiger partial charge in [0.15, 0.2) is 11.5 Å². The predicted molar refractivity (Wildman–Crippen MR) is 123 cm³/mol. The molecule has 0 saturated carbocycles. The van der Waals surface area contributed by atoms with E-state index in [2.05, 4.69) is 9.97 Å². The Hall–Kier alpha value is -3.03. The molecule has 1 N–H and O–H groups in total. The van der Waals surface area contributed by atoms with Crippen LogP contribution in [0.4, 0.5) is 0 Å². The van der Waals surface area contributed by atoms with E-state index < -0.39 is 6.10 Å². The highest BCUT2D eigenvalue weighted by Gasteiger charge is 2.13. The van der Waals surface area contributed by atoms with Gasteiger partial charge in [-0.05, 0) is 62.6 Å². The highest BCUT2D eigenvalue weighted by Crippen LogP contribution is 2.34. The molecule has 0 saturated heterocycles. The third-order valence-corrected chi connectivity index (χ3v) is 5.83. The van der Waals surface area contributed by atoms with E-state index in [-0.39, 0.29) is 0 Å². The summed E-state index contributed by atoms with van der Waals surface area (Å²) in [5.41, 5.74) is 4.42. The zero-order valence-corrected chi connectivity index (χ0v) is 18.4. The zero-order valence-electron chi connectivity index (χ0n) is 17.6. The van der Waals surface area contributed by atoms with Crippen molar-refractivity contribution in [1.29, 1.82) is 0 Å². The van der Waals surface area contributed by atoms with Gasteiger partial charge >= 0.3 is 0 Å². The smallest absolute Gasteiger partial charge is 0.161 e. The van der Waals surface area contributed by atoms with Crippen LogP contribution >= 0.6 is 11.3 Å². The largest absolute Gasteiger partial charge is 0.490 e. The maximum absolute atomic E-state index is 10.6. The van der Waals surface area contributed by atoms with Crippen LogP contribution in [0.5, 0.6) is 11.5 Å². The van der Waals surface area contributed by atoms with Crippen LogP contribution in [0.1, 0.15) is 37.6 Å². The lowest BCUT2D eigenvalue weighted by molar-refractivity contribution is 0.167. The zero-order chi connectivity index (χ0) is 21.6. The SMILES string of the molecule is CCOc1ccc(-c2nc(CCC(O)c3ccc4nccnc4c3)cs2)cc1OCC. The maximum Gasteiger partial charge on any atom is 0.161 e. The third kappa shape index (κ3) is 5.00. The van der Waals surface area contributed by atoms with Gasteiger partial charge in [-0.25, -0.2) is 4.98 Å². The summed E-state index contributed by atoms with van der Waals surface area (Å²) in [6.07, 6.45) is 4.02. The van der Waals surface area contributed by atoms with Crippen molar-refractivity contribution in [3.63, 3.8) is 0 Å². The van der Waals surface area contributed by atoms with Gasteiger partial charge in [-0.2, -0.15) is 0 Å². The fraction of sp³-hybridized carbons (Fsp3) is 0.292. The molecule has 160 valence electrons. The molecule has 2 aromatic heterocycles. The number of aliphatic hydroxyl groups excluding tert-OH is 1. The van der Waals surface area contributed by atoms with E-state index in [1.807, 2.05) is 55.6 Å². The Morgan fingerprint density at radius 1 is 0.935 bits per heavy atom. The van der Waals surface area contributed by atoms with Gasteiger partial charge in [0.2, 0.25) is 0 Å². The first-order valence-corrected chi connectivity index (χ1v) is 11.3. The molecule has 1 atom stereocenters. The van der Waals surface area contributed by atoms with Gasteiger partial charge in [0.25, 0.3) is 0 Å². The molecule has 6 nitrogen and oxygen atoms in total. The summed E-state index contributed by atoms with van der Waals surface area (Å²) in [7, 11) is 0. The number of thiazole rings is 1. The van der Waals surface area contributed by atoms with Crippen LogP contribution in [0.25, 0.3) is 21.6 Å². The summed E-state index contributed by atoms with van der Waals surface area (Å²) < 4.78 is 11.4. The molecule has 1 unspecified atom stereocenters. The maximum atomic E-state index is 10.6. The van der Waals surface area contributed by atoms with Crippen LogP contribution in [-0.2, 0) is 6.42 Å². The lowest BCUT2D eigenvalue weighted by Gasteiger charge is -2.11. The van der Waals surface area contributed by atoms with Crippen LogP contribution in [0, 0.1) is 0 Å². The Bertz CT molecular complexity index is 1160. The molecular weight excluding hydrogens is 410 g/mol. The van der Waals surface area contributed by atoms with Crippen LogP contribution in [0.3, 0.4) is 0 Å². The normalized spacial score (nSPS) is 12.1. The number of ether oxygens (including phenoxy) is 2. The molecule has 2 aromatic carbocycles. The lowest BCUT2D eigenvalue weighted by atomic mass is 10.0. The molecule has 7 heteroatoms. The van der Waals surface area contributed by atoms with Crippen molar-refractivity contribution >= 4 is 22.4 Å². The Labute approximate surface area is 185 Å². The predicted octanol–water partition coefficient (Wildman–Crippen LogP) is 5.22. The Morgan fingerprint density at radius 2 is 1.71 bits per heavy atom. The van der Waals surface area contributed by atoms with E-state index >= 15 is 0 Å². The van der Waals surface area contributed by atoms with Gasteiger partial charge in [-0.3, -0.25) is 9.97 Å². The summed E-state index contributed by atoms with van der Waals surface area (Å²) in [5, 5.41) is 13.6. The third-order valence-electron chi connectivity index (χ3n) is 4.89. The first-order valence-electron chi connectivity index (χ1n) is 10.4. The summed E-state index contributed by atoms with van der Waals surface area (Å²) in [4.78, 5) is 13.3. The first-order chi connectivity index (χ1) is 15.2. The molecule has 2 heterocycles. The average Bonchev–Trinajstić information content (AvgIpc) is 3.28. The van der Waals surface area contributed by atoms with Gasteiger partial charge in [-0.1, -0.05) is 6.07 Å². The number of benzene rings is 2. The number of aryl methyl sites for hydroxylation is 1. The van der Waals surface area contributed by atoms with E-state index in [1.54, 1.807) is 23.7 Å². The topological polar surface area (TPSA) is 77.4 Å². The van der Waals surface area contributed by atoms with Gasteiger partial charge < -0.3 is 14.6 Å². The van der Waals surface area contributed by atoms with Crippen LogP contribution in [0.15, 0.2) is 54.2 Å². The second-order valence-electron chi connectivity index (χ2n) is 7.03. The minimum absolute atomic E-state index is 0.574. The molecule has 0 aliphatic rings. The summed E-state index contributed by atoms with van der Waals surface area (Å²) in [6, 6.07) is 11.6. The Kier molecular flexibility index (Phi) is 6.74. The van der Waals surface area contributed by atoms with Crippen molar-refractivity contribution in [2.75, 3.05) is 13.2 Å². The number of fused-ring (bicyclic) bond motifs is 1. The number of hydrogen-bond donors (Lipinski definition) is 1. The van der Waals surface area contributed by atoms with Gasteiger partial charge in [0.05, 0.1) is 36.0 Å². The molecular formula is C24H25N3O3S. The van der Waals surface area contributed by atoms with E-state index in [1.165, 1.54) is 0 Å². The molecule has 4 rings (SSSR count). The molecule has 0 bridgehead atoms. The van der Waals surface area contributed by atoms with Crippen LogP contribution in [-0.4, -0.2) is 33.3 Å². The average molecular weight is 436 g/mol. The molecule has 0 spiro atoms. The quantitative estimate of drug-likeness (QED) is 0.389. The van der Waals surface area contributed by atoms with E-state index in [0.29, 0.717) is 26.1 Å². The van der Waals surface area contributed by atoms with Crippen molar-refractivity contribution in [3.8, 4) is 22.1 Å². The fourth-order valence-corrected chi connectivity index (χ4v) is 4.23. The second kappa shape index (κ2) is 9.85. The van der Waals surface area contributed by atoms with Crippen molar-refractivity contribution in [1.82, 2.24) is 15.0 Å². The number of aliphatic hydroxyl groups is 1. The summed E-state index contributed by atoms with van der Waals surface area (Å²) in [6.45, 7) is 5.08. The molecule has 0 aliphatic carbocycles. The van der Waals surface area contributed by atoms with Gasteiger partial charge in [-0.15, -0.1) is 11.3 Å². The van der Waals surface area contributed by atoms with E-state index in [9.17, 15) is 5.11 Å². The van der Waals surface area contributed by atoms with Crippen molar-refractivity contribution < 1.29 is 14.6 Å². The number of aromatic nitrogens is 3. The molecule has 0 fully saturated rings. The molecule has 4 aromatic rings. The van der Waals surface area contributed by atoms with Crippen molar-refractivity contribution in [2.45, 2.75) is 32.8 Å². The molecule has 31 heavy (non-hydrogen) atoms. The number of hydrogen-bond acceptors (Lipinski definition) is 7. The monoisotopic (exact) mass is 435 g/mol. The molecule has 0 amide bonds. The fourth-order valence-electron chi connectivity index (χ4n) is 3.38. The Morgan fingerprint density at radius 3 is 2.52 bits per heavy atom. The second-order valence-corrected chi connectivity index (χ2v) is 7.89. The number of nitrogens with zero attached hydrogens (tertiary/aromatic N) is 3. The van der Waals surface area contributed by atoms with Crippen molar-refractivity contribution in [3.05, 3.63) is 65.4 Å².